The van der Waals surface area contributed by atoms with Gasteiger partial charge in [0.1, 0.15) is 0 Å². The summed E-state index contributed by atoms with van der Waals surface area (Å²) < 4.78 is 27.8. The van der Waals surface area contributed by atoms with E-state index in [0.29, 0.717) is 13.0 Å². The number of benzene rings is 3. The van der Waals surface area contributed by atoms with Gasteiger partial charge in [0.2, 0.25) is 0 Å². The Labute approximate surface area is 215 Å². The average Bonchev–Trinajstić information content (AvgIpc) is 3.31. The van der Waals surface area contributed by atoms with E-state index < -0.39 is 17.2 Å². The third kappa shape index (κ3) is 3.61. The molecule has 4 aromatic rings. The predicted octanol–water partition coefficient (Wildman–Crippen LogP) is 6.37. The van der Waals surface area contributed by atoms with E-state index >= 15 is 0 Å². The zero-order valence-corrected chi connectivity index (χ0v) is 21.2. The molecule has 0 bridgehead atoms. The minimum absolute atomic E-state index is 0.146. The van der Waals surface area contributed by atoms with Gasteiger partial charge in [-0.2, -0.15) is 0 Å². The van der Waals surface area contributed by atoms with Crippen LogP contribution in [0.1, 0.15) is 52.9 Å². The van der Waals surface area contributed by atoms with Crippen molar-refractivity contribution < 1.29 is 13.6 Å². The number of rotatable bonds is 3. The molecule has 6 rings (SSSR count). The first-order valence-corrected chi connectivity index (χ1v) is 13.0. The second-order valence-corrected chi connectivity index (χ2v) is 10.7. The predicted molar refractivity (Wildman–Crippen MR) is 141 cm³/mol. The number of H-pyrrole nitrogens is 1. The lowest BCUT2D eigenvalue weighted by Crippen LogP contribution is -2.58. The molecule has 0 radical (unpaired) electrons. The van der Waals surface area contributed by atoms with Crippen LogP contribution in [0.3, 0.4) is 0 Å². The van der Waals surface area contributed by atoms with Crippen LogP contribution >= 0.6 is 0 Å². The Kier molecular flexibility index (Phi) is 5.68. The topological polar surface area (TPSA) is 39.3 Å². The molecule has 0 saturated heterocycles. The summed E-state index contributed by atoms with van der Waals surface area (Å²) >= 11 is 0. The molecule has 1 aromatic heterocycles. The standard InChI is InChI=1S/C31H31F2N3O/c1-35(2)30(22-8-4-3-5-9-22)15-17-31(18-16-30)28-24(23-10-6-7-11-27(23)34-28)14-19-36(31)29(37)21-12-13-25(32)26(33)20-21/h3-13,20,34H,14-19H2,1-2H3. The van der Waals surface area contributed by atoms with Gasteiger partial charge in [-0.15, -0.1) is 0 Å². The summed E-state index contributed by atoms with van der Waals surface area (Å²) in [5.41, 5.74) is 4.20. The number of nitrogens with one attached hydrogen (secondary N) is 1. The third-order valence-electron chi connectivity index (χ3n) is 8.86. The van der Waals surface area contributed by atoms with Gasteiger partial charge in [0.15, 0.2) is 11.6 Å². The van der Waals surface area contributed by atoms with Crippen LogP contribution in [0.4, 0.5) is 8.78 Å². The summed E-state index contributed by atoms with van der Waals surface area (Å²) in [6.07, 6.45) is 3.96. The summed E-state index contributed by atoms with van der Waals surface area (Å²) in [6.45, 7) is 0.535. The van der Waals surface area contributed by atoms with Crippen LogP contribution in [-0.4, -0.2) is 41.3 Å². The molecule has 37 heavy (non-hydrogen) atoms. The molecule has 1 N–H and O–H groups in total. The summed E-state index contributed by atoms with van der Waals surface area (Å²) in [5.74, 6) is -2.19. The van der Waals surface area contributed by atoms with Crippen LogP contribution in [0.5, 0.6) is 0 Å². The van der Waals surface area contributed by atoms with Gasteiger partial charge in [-0.25, -0.2) is 8.78 Å². The normalized spacial score (nSPS) is 23.5. The quantitative estimate of drug-likeness (QED) is 0.356. The number of aromatic amines is 1. The summed E-state index contributed by atoms with van der Waals surface area (Å²) in [7, 11) is 4.26. The fraction of sp³-hybridized carbons (Fsp3) is 0.323. The van der Waals surface area contributed by atoms with E-state index in [1.54, 1.807) is 0 Å². The Hall–Kier alpha value is -3.51. The fourth-order valence-corrected chi connectivity index (χ4v) is 6.85. The maximum Gasteiger partial charge on any atom is 0.254 e. The first-order valence-electron chi connectivity index (χ1n) is 13.0. The van der Waals surface area contributed by atoms with Gasteiger partial charge >= 0.3 is 0 Å². The molecule has 1 aliphatic heterocycles. The number of aromatic nitrogens is 1. The average molecular weight is 500 g/mol. The van der Waals surface area contributed by atoms with Gasteiger partial charge in [0, 0.05) is 34.2 Å². The smallest absolute Gasteiger partial charge is 0.254 e. The number of nitrogens with zero attached hydrogens (tertiary/aromatic N) is 2. The van der Waals surface area contributed by atoms with Crippen LogP contribution in [0, 0.1) is 11.6 Å². The highest BCUT2D eigenvalue weighted by Crippen LogP contribution is 2.53. The molecule has 1 saturated carbocycles. The van der Waals surface area contributed by atoms with Crippen LogP contribution in [0.15, 0.2) is 72.8 Å². The van der Waals surface area contributed by atoms with Crippen LogP contribution in [0.2, 0.25) is 0 Å². The van der Waals surface area contributed by atoms with Crippen molar-refractivity contribution in [3.8, 4) is 0 Å². The third-order valence-corrected chi connectivity index (χ3v) is 8.86. The molecule has 2 aliphatic rings. The van der Waals surface area contributed by atoms with E-state index in [2.05, 4.69) is 66.4 Å². The Morgan fingerprint density at radius 2 is 1.59 bits per heavy atom. The highest BCUT2D eigenvalue weighted by Gasteiger charge is 2.53. The number of para-hydroxylation sites is 1. The molecule has 1 spiro atoms. The molecule has 6 heteroatoms. The Morgan fingerprint density at radius 1 is 0.892 bits per heavy atom. The molecule has 2 heterocycles. The Morgan fingerprint density at radius 3 is 2.30 bits per heavy atom. The Bertz CT molecular complexity index is 1470. The number of carbonyl (C=O) groups is 1. The van der Waals surface area contributed by atoms with E-state index in [1.807, 2.05) is 17.0 Å². The van der Waals surface area contributed by atoms with Crippen molar-refractivity contribution in [2.24, 2.45) is 0 Å². The van der Waals surface area contributed by atoms with Crippen molar-refractivity contribution in [2.75, 3.05) is 20.6 Å². The second kappa shape index (κ2) is 8.80. The van der Waals surface area contributed by atoms with Gasteiger partial charge in [0.05, 0.1) is 5.54 Å². The maximum atomic E-state index is 14.1. The van der Waals surface area contributed by atoms with Gasteiger partial charge < -0.3 is 9.88 Å². The van der Waals surface area contributed by atoms with E-state index in [-0.39, 0.29) is 17.0 Å². The number of amides is 1. The highest BCUT2D eigenvalue weighted by molar-refractivity contribution is 5.96. The van der Waals surface area contributed by atoms with Crippen molar-refractivity contribution in [2.45, 2.75) is 43.2 Å². The zero-order chi connectivity index (χ0) is 25.8. The first-order chi connectivity index (χ1) is 17.9. The van der Waals surface area contributed by atoms with Crippen LogP contribution in [0.25, 0.3) is 10.9 Å². The van der Waals surface area contributed by atoms with Crippen molar-refractivity contribution in [3.05, 3.63) is 107 Å². The molecule has 1 amide bonds. The lowest BCUT2D eigenvalue weighted by molar-refractivity contribution is -0.0142. The van der Waals surface area contributed by atoms with E-state index in [0.717, 1.165) is 49.0 Å². The number of hydrogen-bond acceptors (Lipinski definition) is 2. The fourth-order valence-electron chi connectivity index (χ4n) is 6.85. The lowest BCUT2D eigenvalue weighted by atomic mass is 9.65. The second-order valence-electron chi connectivity index (χ2n) is 10.7. The minimum Gasteiger partial charge on any atom is -0.356 e. The first kappa shape index (κ1) is 23.9. The van der Waals surface area contributed by atoms with Crippen molar-refractivity contribution in [1.82, 2.24) is 14.8 Å². The van der Waals surface area contributed by atoms with E-state index in [9.17, 15) is 13.6 Å². The molecule has 0 atom stereocenters. The Balaban J connectivity index is 1.47. The monoisotopic (exact) mass is 499 g/mol. The number of hydrogen-bond donors (Lipinski definition) is 1. The van der Waals surface area contributed by atoms with Crippen LogP contribution < -0.4 is 0 Å². The number of fused-ring (bicyclic) bond motifs is 4. The van der Waals surface area contributed by atoms with E-state index in [1.165, 1.54) is 22.6 Å². The zero-order valence-electron chi connectivity index (χ0n) is 21.2. The van der Waals surface area contributed by atoms with Gasteiger partial charge in [-0.3, -0.25) is 9.69 Å². The molecule has 1 fully saturated rings. The highest BCUT2D eigenvalue weighted by atomic mass is 19.2. The molecule has 4 nitrogen and oxygen atoms in total. The van der Waals surface area contributed by atoms with Crippen molar-refractivity contribution in [1.29, 1.82) is 0 Å². The SMILES string of the molecule is CN(C)C1(c2ccccc2)CCC2(CC1)c1[nH]c3ccccc3c1CCN2C(=O)c1ccc(F)c(F)c1. The van der Waals surface area contributed by atoms with Crippen LogP contribution in [-0.2, 0) is 17.5 Å². The maximum absolute atomic E-state index is 14.1. The van der Waals surface area contributed by atoms with Crippen molar-refractivity contribution in [3.63, 3.8) is 0 Å². The van der Waals surface area contributed by atoms with Gasteiger partial charge in [-0.1, -0.05) is 48.5 Å². The van der Waals surface area contributed by atoms with Gasteiger partial charge in [0.25, 0.3) is 5.91 Å². The number of halogens is 2. The minimum atomic E-state index is -0.998. The molecule has 190 valence electrons. The molecule has 3 aromatic carbocycles. The summed E-state index contributed by atoms with van der Waals surface area (Å²) in [6, 6.07) is 22.4. The summed E-state index contributed by atoms with van der Waals surface area (Å²) in [5, 5.41) is 1.20. The largest absolute Gasteiger partial charge is 0.356 e. The molecular formula is C31H31F2N3O. The van der Waals surface area contributed by atoms with E-state index in [4.69, 9.17) is 0 Å². The molecule has 0 unspecified atom stereocenters. The molecule has 1 aliphatic carbocycles. The molecular weight excluding hydrogens is 468 g/mol. The van der Waals surface area contributed by atoms with Crippen molar-refractivity contribution >= 4 is 16.8 Å². The number of carbonyl (C=O) groups excluding carboxylic acids is 1. The van der Waals surface area contributed by atoms with Gasteiger partial charge in [-0.05, 0) is 81.6 Å². The summed E-state index contributed by atoms with van der Waals surface area (Å²) in [4.78, 5) is 21.9. The lowest BCUT2D eigenvalue weighted by Gasteiger charge is -2.55.